The quantitative estimate of drug-likeness (QED) is 0.867. The van der Waals surface area contributed by atoms with E-state index in [1.165, 1.54) is 6.07 Å². The monoisotopic (exact) mass is 367 g/mol. The van der Waals surface area contributed by atoms with Crippen molar-refractivity contribution in [2.45, 2.75) is 19.5 Å². The highest BCUT2D eigenvalue weighted by molar-refractivity contribution is 9.10. The smallest absolute Gasteiger partial charge is 0.417 e. The molecular weight excluding hydrogens is 355 g/mol. The van der Waals surface area contributed by atoms with Crippen LogP contribution in [-0.4, -0.2) is 35.0 Å². The summed E-state index contributed by atoms with van der Waals surface area (Å²) in [5, 5.41) is 8.76. The molecule has 0 aliphatic heterocycles. The second-order valence-electron chi connectivity index (χ2n) is 4.31. The summed E-state index contributed by atoms with van der Waals surface area (Å²) >= 11 is 2.93. The fraction of sp³-hybridized carbons (Fsp3) is 0.385. The van der Waals surface area contributed by atoms with Crippen LogP contribution in [0, 0.1) is 0 Å². The topological polar surface area (TPSA) is 57.6 Å². The lowest BCUT2D eigenvalue weighted by Gasteiger charge is -2.22. The number of alkyl halides is 3. The van der Waals surface area contributed by atoms with Crippen molar-refractivity contribution < 1.29 is 27.9 Å². The molecule has 4 nitrogen and oxygen atoms in total. The van der Waals surface area contributed by atoms with Crippen molar-refractivity contribution in [3.8, 4) is 0 Å². The number of amides is 1. The number of carbonyl (C=O) groups is 2. The van der Waals surface area contributed by atoms with Gasteiger partial charge in [-0.2, -0.15) is 13.2 Å². The summed E-state index contributed by atoms with van der Waals surface area (Å²) in [5.41, 5.74) is -1.64. The number of rotatable bonds is 5. The molecule has 1 aromatic carbocycles. The number of carbonyl (C=O) groups excluding carboxylic acids is 1. The van der Waals surface area contributed by atoms with E-state index in [1.807, 2.05) is 0 Å². The maximum atomic E-state index is 13.0. The third-order valence-electron chi connectivity index (χ3n) is 2.62. The van der Waals surface area contributed by atoms with Gasteiger partial charge in [0.25, 0.3) is 5.91 Å². The Labute approximate surface area is 127 Å². The predicted octanol–water partition coefficient (Wildman–Crippen LogP) is 3.40. The number of benzene rings is 1. The SMILES string of the molecule is CCCN(CC(=O)O)C(=O)c1ccc(Br)cc1C(F)(F)F. The first kappa shape index (κ1) is 17.5. The molecule has 0 heterocycles. The largest absolute Gasteiger partial charge is 0.480 e. The number of halogens is 4. The molecule has 21 heavy (non-hydrogen) atoms. The Morgan fingerprint density at radius 2 is 1.95 bits per heavy atom. The first-order valence-electron chi connectivity index (χ1n) is 6.04. The highest BCUT2D eigenvalue weighted by Gasteiger charge is 2.36. The first-order chi connectivity index (χ1) is 9.66. The molecule has 1 N–H and O–H groups in total. The van der Waals surface area contributed by atoms with Crippen molar-refractivity contribution in [1.82, 2.24) is 4.90 Å². The lowest BCUT2D eigenvalue weighted by Crippen LogP contribution is -2.37. The minimum atomic E-state index is -4.70. The normalized spacial score (nSPS) is 11.3. The van der Waals surface area contributed by atoms with Crippen LogP contribution in [0.5, 0.6) is 0 Å². The summed E-state index contributed by atoms with van der Waals surface area (Å²) in [6, 6.07) is 3.16. The van der Waals surface area contributed by atoms with Crippen LogP contribution in [-0.2, 0) is 11.0 Å². The van der Waals surface area contributed by atoms with E-state index in [1.54, 1.807) is 6.92 Å². The van der Waals surface area contributed by atoms with E-state index in [2.05, 4.69) is 15.9 Å². The van der Waals surface area contributed by atoms with E-state index < -0.39 is 35.7 Å². The van der Waals surface area contributed by atoms with Gasteiger partial charge in [-0.1, -0.05) is 22.9 Å². The molecule has 0 fully saturated rings. The summed E-state index contributed by atoms with van der Waals surface area (Å²) < 4.78 is 39.2. The van der Waals surface area contributed by atoms with Gasteiger partial charge < -0.3 is 10.0 Å². The third kappa shape index (κ3) is 4.73. The summed E-state index contributed by atoms with van der Waals surface area (Å²) in [5.74, 6) is -2.22. The van der Waals surface area contributed by atoms with Crippen molar-refractivity contribution in [3.63, 3.8) is 0 Å². The molecule has 0 bridgehead atoms. The molecule has 0 aliphatic rings. The number of carboxylic acid groups (broad SMARTS) is 1. The molecule has 0 saturated carbocycles. The average Bonchev–Trinajstić information content (AvgIpc) is 2.36. The molecular formula is C13H13BrF3NO3. The maximum Gasteiger partial charge on any atom is 0.417 e. The Balaban J connectivity index is 3.24. The van der Waals surface area contributed by atoms with Crippen LogP contribution in [0.3, 0.4) is 0 Å². The second kappa shape index (κ2) is 6.93. The van der Waals surface area contributed by atoms with Crippen LogP contribution < -0.4 is 0 Å². The minimum absolute atomic E-state index is 0.0680. The standard InChI is InChI=1S/C13H13BrF3NO3/c1-2-5-18(7-11(19)20)12(21)9-4-3-8(14)6-10(9)13(15,16)17/h3-4,6H,2,5,7H2,1H3,(H,19,20). The molecule has 8 heteroatoms. The summed E-state index contributed by atoms with van der Waals surface area (Å²) in [4.78, 5) is 23.8. The number of nitrogens with zero attached hydrogens (tertiary/aromatic N) is 1. The van der Waals surface area contributed by atoms with E-state index in [0.717, 1.165) is 17.0 Å². The van der Waals surface area contributed by atoms with E-state index in [-0.39, 0.29) is 11.0 Å². The zero-order valence-corrected chi connectivity index (χ0v) is 12.7. The van der Waals surface area contributed by atoms with Crippen molar-refractivity contribution in [1.29, 1.82) is 0 Å². The molecule has 0 radical (unpaired) electrons. The van der Waals surface area contributed by atoms with E-state index in [4.69, 9.17) is 5.11 Å². The van der Waals surface area contributed by atoms with Crippen LogP contribution in [0.4, 0.5) is 13.2 Å². The Bertz CT molecular complexity index is 546. The molecule has 0 unspecified atom stereocenters. The van der Waals surface area contributed by atoms with E-state index in [0.29, 0.717) is 6.42 Å². The Kier molecular flexibility index (Phi) is 5.77. The van der Waals surface area contributed by atoms with Crippen LogP contribution in [0.25, 0.3) is 0 Å². The number of aliphatic carboxylic acids is 1. The van der Waals surface area contributed by atoms with Gasteiger partial charge in [-0.15, -0.1) is 0 Å². The Morgan fingerprint density at radius 1 is 1.33 bits per heavy atom. The first-order valence-corrected chi connectivity index (χ1v) is 6.84. The summed E-state index contributed by atoms with van der Waals surface area (Å²) in [7, 11) is 0. The van der Waals surface area contributed by atoms with Crippen LogP contribution in [0.2, 0.25) is 0 Å². The van der Waals surface area contributed by atoms with Gasteiger partial charge in [-0.25, -0.2) is 0 Å². The number of hydrogen-bond donors (Lipinski definition) is 1. The third-order valence-corrected chi connectivity index (χ3v) is 3.12. The predicted molar refractivity (Wildman–Crippen MR) is 73.0 cm³/mol. The zero-order valence-electron chi connectivity index (χ0n) is 11.1. The molecule has 1 amide bonds. The van der Waals surface area contributed by atoms with Gasteiger partial charge in [-0.3, -0.25) is 9.59 Å². The highest BCUT2D eigenvalue weighted by Crippen LogP contribution is 2.34. The van der Waals surface area contributed by atoms with E-state index >= 15 is 0 Å². The van der Waals surface area contributed by atoms with Gasteiger partial charge in [0.05, 0.1) is 11.1 Å². The fourth-order valence-corrected chi connectivity index (χ4v) is 2.15. The van der Waals surface area contributed by atoms with Gasteiger partial charge in [-0.05, 0) is 24.6 Å². The number of hydrogen-bond acceptors (Lipinski definition) is 2. The molecule has 0 aliphatic carbocycles. The molecule has 0 atom stereocenters. The van der Waals surface area contributed by atoms with E-state index in [9.17, 15) is 22.8 Å². The minimum Gasteiger partial charge on any atom is -0.480 e. The molecule has 0 aromatic heterocycles. The number of carboxylic acids is 1. The average molecular weight is 368 g/mol. The maximum absolute atomic E-state index is 13.0. The lowest BCUT2D eigenvalue weighted by molar-refractivity contribution is -0.138. The highest BCUT2D eigenvalue weighted by atomic mass is 79.9. The Hall–Kier alpha value is -1.57. The fourth-order valence-electron chi connectivity index (χ4n) is 1.79. The summed E-state index contributed by atoms with van der Waals surface area (Å²) in [6.45, 7) is 1.13. The molecule has 0 saturated heterocycles. The van der Waals surface area contributed by atoms with Gasteiger partial charge in [0, 0.05) is 11.0 Å². The van der Waals surface area contributed by atoms with Gasteiger partial charge in [0.15, 0.2) is 0 Å². The molecule has 116 valence electrons. The molecule has 1 rings (SSSR count). The Morgan fingerprint density at radius 3 is 2.43 bits per heavy atom. The second-order valence-corrected chi connectivity index (χ2v) is 5.22. The van der Waals surface area contributed by atoms with Crippen LogP contribution in [0.15, 0.2) is 22.7 Å². The van der Waals surface area contributed by atoms with Crippen LogP contribution in [0.1, 0.15) is 29.3 Å². The van der Waals surface area contributed by atoms with Gasteiger partial charge in [0.1, 0.15) is 6.54 Å². The lowest BCUT2D eigenvalue weighted by atomic mass is 10.1. The van der Waals surface area contributed by atoms with Gasteiger partial charge >= 0.3 is 12.1 Å². The molecule has 0 spiro atoms. The van der Waals surface area contributed by atoms with Crippen molar-refractivity contribution in [3.05, 3.63) is 33.8 Å². The van der Waals surface area contributed by atoms with Crippen molar-refractivity contribution in [2.24, 2.45) is 0 Å². The van der Waals surface area contributed by atoms with Crippen molar-refractivity contribution >= 4 is 27.8 Å². The summed E-state index contributed by atoms with van der Waals surface area (Å²) in [6.07, 6.45) is -4.26. The van der Waals surface area contributed by atoms with Gasteiger partial charge in [0.2, 0.25) is 0 Å². The van der Waals surface area contributed by atoms with Crippen molar-refractivity contribution in [2.75, 3.05) is 13.1 Å². The van der Waals surface area contributed by atoms with Crippen LogP contribution >= 0.6 is 15.9 Å². The molecule has 1 aromatic rings. The zero-order chi connectivity index (χ0) is 16.2.